The van der Waals surface area contributed by atoms with Gasteiger partial charge in [-0.1, -0.05) is 82.7 Å². The van der Waals surface area contributed by atoms with Crippen molar-refractivity contribution < 1.29 is 4.74 Å². The highest BCUT2D eigenvalue weighted by Crippen LogP contribution is 2.42. The van der Waals surface area contributed by atoms with Crippen LogP contribution in [0.4, 0.5) is 0 Å². The molecule has 24 heavy (non-hydrogen) atoms. The van der Waals surface area contributed by atoms with Crippen molar-refractivity contribution in [1.82, 2.24) is 0 Å². The molecule has 0 atom stereocenters. The lowest BCUT2D eigenvalue weighted by molar-refractivity contribution is 0.417. The fourth-order valence-electron chi connectivity index (χ4n) is 3.40. The summed E-state index contributed by atoms with van der Waals surface area (Å²) in [7, 11) is 1.74. The molecule has 0 aliphatic heterocycles. The molecule has 0 fully saturated rings. The number of rotatable bonds is 3. The predicted molar refractivity (Wildman–Crippen MR) is 106 cm³/mol. The minimum Gasteiger partial charge on any atom is -0.496 e. The van der Waals surface area contributed by atoms with E-state index in [2.05, 4.69) is 88.7 Å². The Kier molecular flexibility index (Phi) is 3.99. The normalized spacial score (nSPS) is 11.1. The molecule has 4 aromatic rings. The first-order valence-corrected chi connectivity index (χ1v) is 9.08. The summed E-state index contributed by atoms with van der Waals surface area (Å²) < 4.78 is 5.74. The van der Waals surface area contributed by atoms with Gasteiger partial charge in [-0.3, -0.25) is 0 Å². The molecule has 0 aliphatic rings. The monoisotopic (exact) mass is 376 g/mol. The van der Waals surface area contributed by atoms with Gasteiger partial charge in [0.1, 0.15) is 5.75 Å². The Morgan fingerprint density at radius 2 is 1.29 bits per heavy atom. The second-order valence-corrected chi connectivity index (χ2v) is 6.38. The number of ether oxygens (including phenoxy) is 1. The average molecular weight is 377 g/mol. The van der Waals surface area contributed by atoms with Crippen LogP contribution in [-0.2, 0) is 5.33 Å². The van der Waals surface area contributed by atoms with E-state index < -0.39 is 0 Å². The Morgan fingerprint density at radius 1 is 0.708 bits per heavy atom. The van der Waals surface area contributed by atoms with Crippen molar-refractivity contribution in [3.8, 4) is 16.9 Å². The fraction of sp³-hybridized carbons (Fsp3) is 0.0909. The fourth-order valence-corrected chi connectivity index (χ4v) is 3.87. The second kappa shape index (κ2) is 6.29. The Labute approximate surface area is 150 Å². The molecule has 0 saturated heterocycles. The van der Waals surface area contributed by atoms with E-state index in [9.17, 15) is 0 Å². The first-order valence-electron chi connectivity index (χ1n) is 7.96. The van der Waals surface area contributed by atoms with Crippen LogP contribution in [-0.4, -0.2) is 7.11 Å². The highest BCUT2D eigenvalue weighted by Gasteiger charge is 2.16. The summed E-state index contributed by atoms with van der Waals surface area (Å²) in [6.45, 7) is 0. The molecule has 0 amide bonds. The van der Waals surface area contributed by atoms with Crippen molar-refractivity contribution >= 4 is 37.5 Å². The highest BCUT2D eigenvalue weighted by molar-refractivity contribution is 9.08. The van der Waals surface area contributed by atoms with Gasteiger partial charge in [0.2, 0.25) is 0 Å². The maximum Gasteiger partial charge on any atom is 0.127 e. The van der Waals surface area contributed by atoms with Crippen molar-refractivity contribution in [2.24, 2.45) is 0 Å². The van der Waals surface area contributed by atoms with Gasteiger partial charge in [0.05, 0.1) is 7.11 Å². The van der Waals surface area contributed by atoms with Crippen LogP contribution in [0.15, 0.2) is 72.8 Å². The van der Waals surface area contributed by atoms with Crippen LogP contribution in [0, 0.1) is 0 Å². The van der Waals surface area contributed by atoms with E-state index in [4.69, 9.17) is 4.74 Å². The van der Waals surface area contributed by atoms with E-state index >= 15 is 0 Å². The smallest absolute Gasteiger partial charge is 0.127 e. The standard InChI is InChI=1S/C22H17BrO/c1-24-20-13-12-16-7-3-5-9-19(16)22(20)21-17(14-23)11-10-15-6-2-4-8-18(15)21/h2-13H,14H2,1H3. The molecule has 0 bridgehead atoms. The molecule has 0 spiro atoms. The number of alkyl halides is 1. The van der Waals surface area contributed by atoms with Crippen molar-refractivity contribution in [3.05, 3.63) is 78.4 Å². The van der Waals surface area contributed by atoms with Gasteiger partial charge in [-0.2, -0.15) is 0 Å². The maximum atomic E-state index is 5.74. The topological polar surface area (TPSA) is 9.23 Å². The number of benzene rings is 4. The zero-order valence-electron chi connectivity index (χ0n) is 13.4. The summed E-state index contributed by atoms with van der Waals surface area (Å²) in [5.74, 6) is 0.909. The van der Waals surface area contributed by atoms with E-state index in [-0.39, 0.29) is 0 Å². The second-order valence-electron chi connectivity index (χ2n) is 5.82. The average Bonchev–Trinajstić information content (AvgIpc) is 2.66. The number of fused-ring (bicyclic) bond motifs is 2. The molecule has 0 aromatic heterocycles. The molecule has 0 radical (unpaired) electrons. The summed E-state index contributed by atoms with van der Waals surface area (Å²) in [6, 6.07) is 25.6. The van der Waals surface area contributed by atoms with Gasteiger partial charge >= 0.3 is 0 Å². The number of methoxy groups -OCH3 is 1. The van der Waals surface area contributed by atoms with Gasteiger partial charge in [0, 0.05) is 10.9 Å². The van der Waals surface area contributed by atoms with E-state index in [1.165, 1.54) is 38.2 Å². The van der Waals surface area contributed by atoms with Gasteiger partial charge in [-0.05, 0) is 38.7 Å². The zero-order valence-corrected chi connectivity index (χ0v) is 15.0. The molecular weight excluding hydrogens is 360 g/mol. The molecule has 4 aromatic carbocycles. The molecule has 0 aliphatic carbocycles. The Hall–Kier alpha value is -2.32. The Balaban J connectivity index is 2.21. The van der Waals surface area contributed by atoms with Crippen LogP contribution in [0.2, 0.25) is 0 Å². The lowest BCUT2D eigenvalue weighted by Crippen LogP contribution is -1.94. The summed E-state index contributed by atoms with van der Waals surface area (Å²) in [5.41, 5.74) is 3.68. The molecule has 0 heterocycles. The van der Waals surface area contributed by atoms with Crippen LogP contribution >= 0.6 is 15.9 Å². The molecule has 0 unspecified atom stereocenters. The van der Waals surface area contributed by atoms with Gasteiger partial charge in [-0.15, -0.1) is 0 Å². The van der Waals surface area contributed by atoms with E-state index in [1.807, 2.05) is 0 Å². The largest absolute Gasteiger partial charge is 0.496 e. The number of halogens is 1. The number of hydrogen-bond acceptors (Lipinski definition) is 1. The summed E-state index contributed by atoms with van der Waals surface area (Å²) >= 11 is 3.66. The SMILES string of the molecule is COc1ccc2ccccc2c1-c1c(CBr)ccc2ccccc12. The minimum absolute atomic E-state index is 0.805. The highest BCUT2D eigenvalue weighted by atomic mass is 79.9. The summed E-state index contributed by atoms with van der Waals surface area (Å²) in [4.78, 5) is 0. The predicted octanol–water partition coefficient (Wildman–Crippen LogP) is 6.56. The van der Waals surface area contributed by atoms with E-state index in [0.29, 0.717) is 0 Å². The van der Waals surface area contributed by atoms with Crippen LogP contribution in [0.3, 0.4) is 0 Å². The first-order chi connectivity index (χ1) is 11.8. The molecule has 4 rings (SSSR count). The van der Waals surface area contributed by atoms with Crippen molar-refractivity contribution in [2.75, 3.05) is 7.11 Å². The van der Waals surface area contributed by atoms with Crippen LogP contribution in [0.5, 0.6) is 5.75 Å². The minimum atomic E-state index is 0.805. The van der Waals surface area contributed by atoms with Crippen LogP contribution in [0.1, 0.15) is 5.56 Å². The molecule has 0 saturated carbocycles. The molecule has 2 heteroatoms. The molecule has 0 N–H and O–H groups in total. The van der Waals surface area contributed by atoms with Gasteiger partial charge in [-0.25, -0.2) is 0 Å². The molecular formula is C22H17BrO. The summed E-state index contributed by atoms with van der Waals surface area (Å²) in [5, 5.41) is 5.74. The van der Waals surface area contributed by atoms with Crippen molar-refractivity contribution in [1.29, 1.82) is 0 Å². The number of hydrogen-bond donors (Lipinski definition) is 0. The lowest BCUT2D eigenvalue weighted by atomic mass is 9.90. The Morgan fingerprint density at radius 3 is 1.92 bits per heavy atom. The van der Waals surface area contributed by atoms with Crippen molar-refractivity contribution in [3.63, 3.8) is 0 Å². The van der Waals surface area contributed by atoms with Crippen LogP contribution in [0.25, 0.3) is 32.7 Å². The first kappa shape index (κ1) is 15.2. The summed E-state index contributed by atoms with van der Waals surface area (Å²) in [6.07, 6.45) is 0. The molecule has 1 nitrogen and oxygen atoms in total. The zero-order chi connectivity index (χ0) is 16.5. The molecule has 118 valence electrons. The van der Waals surface area contributed by atoms with Crippen molar-refractivity contribution in [2.45, 2.75) is 5.33 Å². The van der Waals surface area contributed by atoms with Gasteiger partial charge in [0.15, 0.2) is 0 Å². The van der Waals surface area contributed by atoms with E-state index in [1.54, 1.807) is 7.11 Å². The third kappa shape index (κ3) is 2.38. The van der Waals surface area contributed by atoms with Gasteiger partial charge < -0.3 is 4.74 Å². The third-order valence-corrected chi connectivity index (χ3v) is 5.12. The van der Waals surface area contributed by atoms with Gasteiger partial charge in [0.25, 0.3) is 0 Å². The quantitative estimate of drug-likeness (QED) is 0.367. The Bertz CT molecular complexity index is 951. The van der Waals surface area contributed by atoms with Crippen LogP contribution < -0.4 is 4.74 Å². The van der Waals surface area contributed by atoms with E-state index in [0.717, 1.165) is 11.1 Å². The lowest BCUT2D eigenvalue weighted by Gasteiger charge is -2.17. The maximum absolute atomic E-state index is 5.74. The third-order valence-electron chi connectivity index (χ3n) is 4.52.